The summed E-state index contributed by atoms with van der Waals surface area (Å²) >= 11 is 0. The van der Waals surface area contributed by atoms with Crippen molar-refractivity contribution in [1.82, 2.24) is 0 Å². The molecule has 0 amide bonds. The average molecular weight is 425 g/mol. The van der Waals surface area contributed by atoms with Gasteiger partial charge in [-0.05, 0) is 57.1 Å². The number of ketones is 1. The van der Waals surface area contributed by atoms with Crippen LogP contribution in [-0.4, -0.2) is 37.4 Å². The van der Waals surface area contributed by atoms with Crippen LogP contribution in [0.2, 0.25) is 0 Å². The number of hydrogen-bond donors (Lipinski definition) is 0. The highest BCUT2D eigenvalue weighted by atomic mass is 16.7. The van der Waals surface area contributed by atoms with E-state index in [-0.39, 0.29) is 24.1 Å². The van der Waals surface area contributed by atoms with Crippen molar-refractivity contribution < 1.29 is 23.8 Å². The maximum atomic E-state index is 12.0. The maximum absolute atomic E-state index is 12.0. The van der Waals surface area contributed by atoms with Crippen LogP contribution in [0.1, 0.15) is 110 Å². The molecule has 1 aliphatic heterocycles. The van der Waals surface area contributed by atoms with Crippen molar-refractivity contribution in [2.75, 3.05) is 13.2 Å². The molecule has 1 fully saturated rings. The topological polar surface area (TPSA) is 61.8 Å². The van der Waals surface area contributed by atoms with E-state index in [0.717, 1.165) is 71.0 Å². The second kappa shape index (κ2) is 18.6. The first-order chi connectivity index (χ1) is 14.6. The van der Waals surface area contributed by atoms with Crippen LogP contribution in [0.5, 0.6) is 0 Å². The number of unbranched alkanes of at least 4 members (excludes halogenated alkanes) is 8. The van der Waals surface area contributed by atoms with Gasteiger partial charge < -0.3 is 14.2 Å². The summed E-state index contributed by atoms with van der Waals surface area (Å²) in [5, 5.41) is 0. The molecule has 30 heavy (non-hydrogen) atoms. The van der Waals surface area contributed by atoms with Gasteiger partial charge in [-0.2, -0.15) is 0 Å². The molecule has 0 bridgehead atoms. The van der Waals surface area contributed by atoms with E-state index >= 15 is 0 Å². The number of allylic oxidation sites excluding steroid dienone is 1. The minimum Gasteiger partial charge on any atom is -0.458 e. The minimum atomic E-state index is -0.289. The maximum Gasteiger partial charge on any atom is 0.303 e. The van der Waals surface area contributed by atoms with E-state index in [1.165, 1.54) is 39.0 Å². The summed E-state index contributed by atoms with van der Waals surface area (Å²) < 4.78 is 16.6. The molecule has 1 rings (SSSR count). The fourth-order valence-corrected chi connectivity index (χ4v) is 3.64. The Bertz CT molecular complexity index is 468. The summed E-state index contributed by atoms with van der Waals surface area (Å²) in [6, 6.07) is 0. The molecule has 0 saturated carbocycles. The number of carbonyl (C=O) groups is 2. The summed E-state index contributed by atoms with van der Waals surface area (Å²) in [6.07, 6.45) is 19.1. The second-order valence-electron chi connectivity index (χ2n) is 8.36. The lowest BCUT2D eigenvalue weighted by atomic mass is 10.1. The van der Waals surface area contributed by atoms with E-state index in [1.807, 2.05) is 0 Å². The Kier molecular flexibility index (Phi) is 16.6. The van der Waals surface area contributed by atoms with Crippen molar-refractivity contribution in [1.29, 1.82) is 0 Å². The zero-order chi connectivity index (χ0) is 21.9. The van der Waals surface area contributed by atoms with Gasteiger partial charge in [0.1, 0.15) is 6.10 Å². The zero-order valence-corrected chi connectivity index (χ0v) is 19.4. The first-order valence-corrected chi connectivity index (χ1v) is 12.2. The molecular weight excluding hydrogens is 380 g/mol. The summed E-state index contributed by atoms with van der Waals surface area (Å²) in [5.41, 5.74) is 0. The van der Waals surface area contributed by atoms with Crippen molar-refractivity contribution in [2.45, 2.75) is 123 Å². The van der Waals surface area contributed by atoms with Crippen LogP contribution in [0, 0.1) is 0 Å². The fraction of sp³-hybridized carbons (Fsp3) is 0.840. The van der Waals surface area contributed by atoms with Crippen molar-refractivity contribution in [3.05, 3.63) is 12.2 Å². The first kappa shape index (κ1) is 26.8. The summed E-state index contributed by atoms with van der Waals surface area (Å²) in [6.45, 7) is 5.20. The quantitative estimate of drug-likeness (QED) is 0.147. The van der Waals surface area contributed by atoms with Crippen LogP contribution in [0.25, 0.3) is 0 Å². The largest absolute Gasteiger partial charge is 0.458 e. The second-order valence-corrected chi connectivity index (χ2v) is 8.36. The van der Waals surface area contributed by atoms with Crippen molar-refractivity contribution >= 4 is 11.8 Å². The van der Waals surface area contributed by atoms with Crippen molar-refractivity contribution in [3.8, 4) is 0 Å². The molecule has 0 spiro atoms. The fourth-order valence-electron chi connectivity index (χ4n) is 3.64. The smallest absolute Gasteiger partial charge is 0.303 e. The molecule has 1 unspecified atom stereocenters. The van der Waals surface area contributed by atoms with E-state index in [1.54, 1.807) is 12.2 Å². The van der Waals surface area contributed by atoms with E-state index < -0.39 is 0 Å². The van der Waals surface area contributed by atoms with Gasteiger partial charge in [-0.25, -0.2) is 0 Å². The predicted molar refractivity (Wildman–Crippen MR) is 120 cm³/mol. The van der Waals surface area contributed by atoms with Crippen molar-refractivity contribution in [2.24, 2.45) is 0 Å². The number of ether oxygens (including phenoxy) is 3. The highest BCUT2D eigenvalue weighted by Gasteiger charge is 2.13. The van der Waals surface area contributed by atoms with Crippen LogP contribution < -0.4 is 0 Å². The third kappa shape index (κ3) is 15.6. The molecule has 1 aliphatic rings. The third-order valence-corrected chi connectivity index (χ3v) is 5.42. The lowest BCUT2D eigenvalue weighted by molar-refractivity contribution is -0.162. The molecular formula is C25H44O5. The van der Waals surface area contributed by atoms with E-state index in [4.69, 9.17) is 14.2 Å². The van der Waals surface area contributed by atoms with Crippen LogP contribution in [0.4, 0.5) is 0 Å². The summed E-state index contributed by atoms with van der Waals surface area (Å²) in [5.74, 6) is -0.160. The number of esters is 1. The molecule has 0 radical (unpaired) electrons. The molecule has 0 N–H and O–H groups in total. The van der Waals surface area contributed by atoms with Gasteiger partial charge in [0, 0.05) is 26.6 Å². The highest BCUT2D eigenvalue weighted by molar-refractivity contribution is 5.89. The van der Waals surface area contributed by atoms with E-state index in [0.29, 0.717) is 6.42 Å². The van der Waals surface area contributed by atoms with E-state index in [2.05, 4.69) is 6.92 Å². The molecule has 0 aromatic rings. The zero-order valence-electron chi connectivity index (χ0n) is 19.4. The monoisotopic (exact) mass is 424 g/mol. The molecule has 0 aromatic heterocycles. The molecule has 2 atom stereocenters. The Morgan fingerprint density at radius 1 is 1.00 bits per heavy atom. The lowest BCUT2D eigenvalue weighted by Gasteiger charge is -2.22. The van der Waals surface area contributed by atoms with Crippen LogP contribution in [0.3, 0.4) is 0 Å². The molecule has 1 saturated heterocycles. The van der Waals surface area contributed by atoms with Gasteiger partial charge in [-0.15, -0.1) is 0 Å². The molecule has 5 heteroatoms. The Hall–Kier alpha value is -1.20. The SMILES string of the molecule is CCCCC[C@@H](/C=C/C(=O)CCCCCCCCCOC1CCCCO1)OC(C)=O. The van der Waals surface area contributed by atoms with Gasteiger partial charge >= 0.3 is 5.97 Å². The van der Waals surface area contributed by atoms with E-state index in [9.17, 15) is 9.59 Å². The normalized spacial score (nSPS) is 17.9. The predicted octanol–water partition coefficient (Wildman–Crippen LogP) is 6.29. The third-order valence-electron chi connectivity index (χ3n) is 5.42. The molecule has 0 aromatic carbocycles. The van der Waals surface area contributed by atoms with Crippen LogP contribution in [0.15, 0.2) is 12.2 Å². The van der Waals surface area contributed by atoms with Gasteiger partial charge in [0.15, 0.2) is 12.1 Å². The highest BCUT2D eigenvalue weighted by Crippen LogP contribution is 2.15. The van der Waals surface area contributed by atoms with Gasteiger partial charge in [0.2, 0.25) is 0 Å². The molecule has 5 nitrogen and oxygen atoms in total. The Labute approximate surface area is 183 Å². The molecule has 1 heterocycles. The Morgan fingerprint density at radius 3 is 2.40 bits per heavy atom. The summed E-state index contributed by atoms with van der Waals surface area (Å²) in [4.78, 5) is 23.3. The average Bonchev–Trinajstić information content (AvgIpc) is 2.73. The van der Waals surface area contributed by atoms with Crippen LogP contribution in [-0.2, 0) is 23.8 Å². The number of hydrogen-bond acceptors (Lipinski definition) is 5. The van der Waals surface area contributed by atoms with Gasteiger partial charge in [-0.1, -0.05) is 51.9 Å². The van der Waals surface area contributed by atoms with Gasteiger partial charge in [-0.3, -0.25) is 9.59 Å². The Morgan fingerprint density at radius 2 is 1.73 bits per heavy atom. The first-order valence-electron chi connectivity index (χ1n) is 12.2. The number of rotatable bonds is 18. The molecule has 174 valence electrons. The minimum absolute atomic E-state index is 0.0333. The van der Waals surface area contributed by atoms with Gasteiger partial charge in [0.25, 0.3) is 0 Å². The lowest BCUT2D eigenvalue weighted by Crippen LogP contribution is -2.22. The molecule has 0 aliphatic carbocycles. The van der Waals surface area contributed by atoms with Gasteiger partial charge in [0.05, 0.1) is 0 Å². The van der Waals surface area contributed by atoms with Crippen molar-refractivity contribution in [3.63, 3.8) is 0 Å². The Balaban J connectivity index is 1.98. The van der Waals surface area contributed by atoms with Crippen LogP contribution >= 0.6 is 0 Å². The number of carbonyl (C=O) groups excluding carboxylic acids is 2. The summed E-state index contributed by atoms with van der Waals surface area (Å²) in [7, 11) is 0. The standard InChI is InChI=1S/C25H44O5/c1-3-4-10-16-24(30-22(2)26)19-18-23(27)15-11-8-6-5-7-9-13-20-28-25-17-12-14-21-29-25/h18-19,24-25H,3-17,20-21H2,1-2H3/b19-18+/t24-,25?/m0/s1.